The fourth-order valence-electron chi connectivity index (χ4n) is 1.62. The Hall–Kier alpha value is -0.600. The van der Waals surface area contributed by atoms with E-state index in [0.29, 0.717) is 0 Å². The summed E-state index contributed by atoms with van der Waals surface area (Å²) in [4.78, 5) is 0. The third kappa shape index (κ3) is 2.68. The van der Waals surface area contributed by atoms with Crippen LogP contribution in [0.3, 0.4) is 0 Å². The molecule has 1 aliphatic heterocycles. The van der Waals surface area contributed by atoms with Crippen LogP contribution in [0.1, 0.15) is 18.4 Å². The lowest BCUT2D eigenvalue weighted by Crippen LogP contribution is -2.23. The molecule has 0 unspecified atom stereocenters. The summed E-state index contributed by atoms with van der Waals surface area (Å²) in [6, 6.07) is 2.21. The molecule has 0 atom stereocenters. The van der Waals surface area contributed by atoms with Crippen molar-refractivity contribution in [1.29, 1.82) is 0 Å². The average Bonchev–Trinajstić information content (AvgIpc) is 2.69. The smallest absolute Gasteiger partial charge is 0.0164 e. The van der Waals surface area contributed by atoms with Crippen molar-refractivity contribution in [2.24, 2.45) is 0 Å². The number of rotatable bonds is 2. The second kappa shape index (κ2) is 4.58. The summed E-state index contributed by atoms with van der Waals surface area (Å²) >= 11 is 1.78. The van der Waals surface area contributed by atoms with Crippen molar-refractivity contribution < 1.29 is 0 Å². The summed E-state index contributed by atoms with van der Waals surface area (Å²) in [5, 5.41) is 7.77. The lowest BCUT2D eigenvalue weighted by Gasteiger charge is -2.14. The highest BCUT2D eigenvalue weighted by atomic mass is 32.1. The van der Waals surface area contributed by atoms with Crippen LogP contribution < -0.4 is 5.32 Å². The minimum absolute atomic E-state index is 1.10. The molecule has 1 aliphatic rings. The van der Waals surface area contributed by atoms with Gasteiger partial charge < -0.3 is 5.32 Å². The molecular formula is C11H15NS. The molecule has 13 heavy (non-hydrogen) atoms. The standard InChI is InChI=1S/C11H15NS/c1-2-10(8-12-6-1)3-4-11-5-7-13-9-11/h3,5,7,9,12H,1-2,4,6,8H2. The van der Waals surface area contributed by atoms with E-state index < -0.39 is 0 Å². The van der Waals surface area contributed by atoms with E-state index in [1.165, 1.54) is 24.9 Å². The van der Waals surface area contributed by atoms with Gasteiger partial charge in [0.15, 0.2) is 0 Å². The van der Waals surface area contributed by atoms with Crippen molar-refractivity contribution in [1.82, 2.24) is 5.32 Å². The topological polar surface area (TPSA) is 12.0 Å². The summed E-state index contributed by atoms with van der Waals surface area (Å²) in [5.74, 6) is 0. The first-order valence-corrected chi connectivity index (χ1v) is 5.79. The van der Waals surface area contributed by atoms with Gasteiger partial charge in [0, 0.05) is 6.54 Å². The van der Waals surface area contributed by atoms with E-state index >= 15 is 0 Å². The Balaban J connectivity index is 1.89. The van der Waals surface area contributed by atoms with Crippen molar-refractivity contribution in [2.45, 2.75) is 19.3 Å². The molecule has 1 N–H and O–H groups in total. The Labute approximate surface area is 83.5 Å². The van der Waals surface area contributed by atoms with Crippen molar-refractivity contribution in [3.63, 3.8) is 0 Å². The molecule has 0 aliphatic carbocycles. The SMILES string of the molecule is C(Cc1ccsc1)=C1CCCNC1. The number of piperidine rings is 1. The van der Waals surface area contributed by atoms with E-state index in [2.05, 4.69) is 28.2 Å². The van der Waals surface area contributed by atoms with Gasteiger partial charge in [0.1, 0.15) is 0 Å². The van der Waals surface area contributed by atoms with Crippen molar-refractivity contribution in [3.8, 4) is 0 Å². The van der Waals surface area contributed by atoms with E-state index in [4.69, 9.17) is 0 Å². The van der Waals surface area contributed by atoms with E-state index in [-0.39, 0.29) is 0 Å². The van der Waals surface area contributed by atoms with E-state index in [0.717, 1.165) is 13.0 Å². The summed E-state index contributed by atoms with van der Waals surface area (Å²) in [5.41, 5.74) is 3.03. The molecule has 1 saturated heterocycles. The van der Waals surface area contributed by atoms with Crippen LogP contribution in [0.15, 0.2) is 28.5 Å². The van der Waals surface area contributed by atoms with Crippen LogP contribution in [0.2, 0.25) is 0 Å². The molecule has 2 heterocycles. The van der Waals surface area contributed by atoms with Crippen LogP contribution in [-0.4, -0.2) is 13.1 Å². The Bertz CT molecular complexity index is 266. The first-order chi connectivity index (χ1) is 6.45. The monoisotopic (exact) mass is 193 g/mol. The molecule has 0 bridgehead atoms. The molecule has 0 aromatic carbocycles. The van der Waals surface area contributed by atoms with Crippen LogP contribution in [0.4, 0.5) is 0 Å². The Kier molecular flexibility index (Phi) is 3.16. The van der Waals surface area contributed by atoms with E-state index in [1.54, 1.807) is 16.9 Å². The van der Waals surface area contributed by atoms with E-state index in [9.17, 15) is 0 Å². The normalized spacial score (nSPS) is 20.8. The molecule has 70 valence electrons. The fraction of sp³-hybridized carbons (Fsp3) is 0.455. The molecule has 1 aromatic rings. The highest BCUT2D eigenvalue weighted by Gasteiger charge is 2.03. The third-order valence-electron chi connectivity index (χ3n) is 2.41. The molecule has 0 saturated carbocycles. The Morgan fingerprint density at radius 3 is 3.23 bits per heavy atom. The van der Waals surface area contributed by atoms with Gasteiger partial charge >= 0.3 is 0 Å². The molecular weight excluding hydrogens is 178 g/mol. The summed E-state index contributed by atoms with van der Waals surface area (Å²) in [7, 11) is 0. The number of thiophene rings is 1. The summed E-state index contributed by atoms with van der Waals surface area (Å²) in [6.07, 6.45) is 6.08. The number of nitrogens with one attached hydrogen (secondary N) is 1. The molecule has 0 spiro atoms. The zero-order valence-electron chi connectivity index (χ0n) is 7.75. The largest absolute Gasteiger partial charge is 0.313 e. The predicted octanol–water partition coefficient (Wildman–Crippen LogP) is 2.60. The molecule has 0 radical (unpaired) electrons. The van der Waals surface area contributed by atoms with Gasteiger partial charge in [-0.3, -0.25) is 0 Å². The van der Waals surface area contributed by atoms with Gasteiger partial charge in [-0.2, -0.15) is 11.3 Å². The van der Waals surface area contributed by atoms with Gasteiger partial charge in [-0.25, -0.2) is 0 Å². The quantitative estimate of drug-likeness (QED) is 0.712. The van der Waals surface area contributed by atoms with Gasteiger partial charge in [0.05, 0.1) is 0 Å². The van der Waals surface area contributed by atoms with Crippen LogP contribution in [0.25, 0.3) is 0 Å². The minimum Gasteiger partial charge on any atom is -0.313 e. The van der Waals surface area contributed by atoms with Gasteiger partial charge in [-0.1, -0.05) is 11.6 Å². The molecule has 2 rings (SSSR count). The molecule has 1 fully saturated rings. The van der Waals surface area contributed by atoms with Crippen molar-refractivity contribution >= 4 is 11.3 Å². The first kappa shape index (κ1) is 8.97. The summed E-state index contributed by atoms with van der Waals surface area (Å²) < 4.78 is 0. The van der Waals surface area contributed by atoms with Gasteiger partial charge in [0.25, 0.3) is 0 Å². The highest BCUT2D eigenvalue weighted by molar-refractivity contribution is 7.07. The molecule has 2 heteroatoms. The lowest BCUT2D eigenvalue weighted by molar-refractivity contribution is 0.608. The average molecular weight is 193 g/mol. The number of hydrogen-bond acceptors (Lipinski definition) is 2. The molecule has 1 nitrogen and oxygen atoms in total. The number of hydrogen-bond donors (Lipinski definition) is 1. The van der Waals surface area contributed by atoms with Gasteiger partial charge in [-0.15, -0.1) is 0 Å². The fourth-order valence-corrected chi connectivity index (χ4v) is 2.30. The Morgan fingerprint density at radius 2 is 2.54 bits per heavy atom. The maximum absolute atomic E-state index is 3.40. The van der Waals surface area contributed by atoms with Crippen LogP contribution in [-0.2, 0) is 6.42 Å². The zero-order chi connectivity index (χ0) is 8.93. The minimum atomic E-state index is 1.10. The Morgan fingerprint density at radius 1 is 1.54 bits per heavy atom. The van der Waals surface area contributed by atoms with Gasteiger partial charge in [0.2, 0.25) is 0 Å². The van der Waals surface area contributed by atoms with Crippen LogP contribution in [0, 0.1) is 0 Å². The van der Waals surface area contributed by atoms with Crippen LogP contribution in [0.5, 0.6) is 0 Å². The predicted molar refractivity (Wildman–Crippen MR) is 58.2 cm³/mol. The number of allylic oxidation sites excluding steroid dienone is 1. The third-order valence-corrected chi connectivity index (χ3v) is 3.14. The highest BCUT2D eigenvalue weighted by Crippen LogP contribution is 2.12. The molecule has 0 amide bonds. The van der Waals surface area contributed by atoms with Crippen molar-refractivity contribution in [3.05, 3.63) is 34.0 Å². The second-order valence-electron chi connectivity index (χ2n) is 3.48. The summed E-state index contributed by atoms with van der Waals surface area (Å²) in [6.45, 7) is 2.29. The lowest BCUT2D eigenvalue weighted by atomic mass is 10.0. The van der Waals surface area contributed by atoms with E-state index in [1.807, 2.05) is 0 Å². The molecule has 1 aromatic heterocycles. The van der Waals surface area contributed by atoms with Crippen molar-refractivity contribution in [2.75, 3.05) is 13.1 Å². The first-order valence-electron chi connectivity index (χ1n) is 4.85. The maximum Gasteiger partial charge on any atom is 0.0164 e. The maximum atomic E-state index is 3.40. The second-order valence-corrected chi connectivity index (χ2v) is 4.26. The van der Waals surface area contributed by atoms with Crippen LogP contribution >= 0.6 is 11.3 Å². The van der Waals surface area contributed by atoms with Gasteiger partial charge in [-0.05, 0) is 48.2 Å². The zero-order valence-corrected chi connectivity index (χ0v) is 8.57.